The second-order valence-corrected chi connectivity index (χ2v) is 4.13. The lowest BCUT2D eigenvalue weighted by molar-refractivity contribution is -0.139. The SMILES string of the molecule is C=C(C)C(=O)OCCCC.OCCCCCCO. The molecule has 0 amide bonds. The van der Waals surface area contributed by atoms with Crippen molar-refractivity contribution < 1.29 is 19.7 Å². The Kier molecular flexibility index (Phi) is 17.4. The Labute approximate surface area is 111 Å². The maximum Gasteiger partial charge on any atom is 0.333 e. The molecule has 0 aliphatic carbocycles. The molecular formula is C14H28O4. The van der Waals surface area contributed by atoms with Crippen molar-refractivity contribution >= 4 is 5.97 Å². The summed E-state index contributed by atoms with van der Waals surface area (Å²) in [6, 6.07) is 0. The van der Waals surface area contributed by atoms with Gasteiger partial charge in [-0.15, -0.1) is 0 Å². The second kappa shape index (κ2) is 16.1. The van der Waals surface area contributed by atoms with Gasteiger partial charge in [0.1, 0.15) is 0 Å². The van der Waals surface area contributed by atoms with E-state index in [9.17, 15) is 4.79 Å². The van der Waals surface area contributed by atoms with Crippen LogP contribution in [0.3, 0.4) is 0 Å². The zero-order valence-corrected chi connectivity index (χ0v) is 11.8. The van der Waals surface area contributed by atoms with E-state index in [-0.39, 0.29) is 19.2 Å². The third-order valence-electron chi connectivity index (χ3n) is 2.15. The molecule has 0 bridgehead atoms. The lowest BCUT2D eigenvalue weighted by Crippen LogP contribution is -2.05. The van der Waals surface area contributed by atoms with Gasteiger partial charge in [0.25, 0.3) is 0 Å². The molecule has 0 aromatic rings. The molecule has 0 unspecified atom stereocenters. The summed E-state index contributed by atoms with van der Waals surface area (Å²) < 4.78 is 4.81. The summed E-state index contributed by atoms with van der Waals surface area (Å²) in [6.07, 6.45) is 5.80. The Morgan fingerprint density at radius 3 is 1.89 bits per heavy atom. The molecule has 2 N–H and O–H groups in total. The number of carbonyl (C=O) groups is 1. The van der Waals surface area contributed by atoms with E-state index in [1.54, 1.807) is 6.92 Å². The highest BCUT2D eigenvalue weighted by molar-refractivity contribution is 5.86. The monoisotopic (exact) mass is 260 g/mol. The van der Waals surface area contributed by atoms with Crippen LogP contribution in [0.15, 0.2) is 12.2 Å². The third-order valence-corrected chi connectivity index (χ3v) is 2.15. The molecule has 0 atom stereocenters. The fourth-order valence-electron chi connectivity index (χ4n) is 1.01. The van der Waals surface area contributed by atoms with E-state index < -0.39 is 0 Å². The molecule has 18 heavy (non-hydrogen) atoms. The van der Waals surface area contributed by atoms with Gasteiger partial charge in [0.2, 0.25) is 0 Å². The highest BCUT2D eigenvalue weighted by atomic mass is 16.5. The lowest BCUT2D eigenvalue weighted by atomic mass is 10.2. The molecule has 0 radical (unpaired) electrons. The molecule has 108 valence electrons. The number of carbonyl (C=O) groups excluding carboxylic acids is 1. The molecular weight excluding hydrogens is 232 g/mol. The predicted octanol–water partition coefficient (Wildman–Crippen LogP) is 2.44. The molecule has 4 heteroatoms. The summed E-state index contributed by atoms with van der Waals surface area (Å²) >= 11 is 0. The van der Waals surface area contributed by atoms with E-state index in [0.717, 1.165) is 38.5 Å². The number of esters is 1. The highest BCUT2D eigenvalue weighted by Crippen LogP contribution is 1.96. The minimum atomic E-state index is -0.284. The van der Waals surface area contributed by atoms with Crippen LogP contribution in [-0.2, 0) is 9.53 Å². The van der Waals surface area contributed by atoms with Crippen molar-refractivity contribution in [1.29, 1.82) is 0 Å². The molecule has 0 saturated heterocycles. The Hall–Kier alpha value is -0.870. The minimum Gasteiger partial charge on any atom is -0.462 e. The first kappa shape index (κ1) is 19.5. The van der Waals surface area contributed by atoms with Crippen molar-refractivity contribution in [3.05, 3.63) is 12.2 Å². The Morgan fingerprint density at radius 1 is 1.06 bits per heavy atom. The van der Waals surface area contributed by atoms with Gasteiger partial charge in [-0.1, -0.05) is 32.8 Å². The standard InChI is InChI=1S/C8H14O2.C6H14O2/c1-4-5-6-10-8(9)7(2)3;7-5-3-1-2-4-6-8/h2,4-6H2,1,3H3;7-8H,1-6H2. The normalized spacial score (nSPS) is 9.33. The first-order chi connectivity index (χ1) is 8.59. The highest BCUT2D eigenvalue weighted by Gasteiger charge is 2.00. The molecule has 0 aliphatic rings. The number of hydrogen-bond acceptors (Lipinski definition) is 4. The molecule has 0 aliphatic heterocycles. The van der Waals surface area contributed by atoms with Gasteiger partial charge in [-0.3, -0.25) is 0 Å². The molecule has 0 aromatic heterocycles. The molecule has 0 saturated carbocycles. The van der Waals surface area contributed by atoms with Gasteiger partial charge in [0, 0.05) is 18.8 Å². The van der Waals surface area contributed by atoms with Crippen molar-refractivity contribution in [2.75, 3.05) is 19.8 Å². The van der Waals surface area contributed by atoms with Crippen molar-refractivity contribution in [3.63, 3.8) is 0 Å². The summed E-state index contributed by atoms with van der Waals surface area (Å²) in [5.41, 5.74) is 0.469. The number of hydrogen-bond donors (Lipinski definition) is 2. The van der Waals surface area contributed by atoms with E-state index in [1.165, 1.54) is 0 Å². The predicted molar refractivity (Wildman–Crippen MR) is 73.3 cm³/mol. The maximum absolute atomic E-state index is 10.7. The van der Waals surface area contributed by atoms with E-state index in [0.29, 0.717) is 12.2 Å². The van der Waals surface area contributed by atoms with Crippen molar-refractivity contribution in [3.8, 4) is 0 Å². The molecule has 0 heterocycles. The number of ether oxygens (including phenoxy) is 1. The van der Waals surface area contributed by atoms with Crippen molar-refractivity contribution in [2.45, 2.75) is 52.4 Å². The van der Waals surface area contributed by atoms with Gasteiger partial charge in [-0.05, 0) is 26.2 Å². The van der Waals surface area contributed by atoms with Crippen LogP contribution >= 0.6 is 0 Å². The number of aliphatic hydroxyl groups is 2. The van der Waals surface area contributed by atoms with Gasteiger partial charge >= 0.3 is 5.97 Å². The maximum atomic E-state index is 10.7. The van der Waals surface area contributed by atoms with Crippen LogP contribution in [0.5, 0.6) is 0 Å². The van der Waals surface area contributed by atoms with Gasteiger partial charge in [0.15, 0.2) is 0 Å². The topological polar surface area (TPSA) is 66.8 Å². The zero-order valence-electron chi connectivity index (χ0n) is 11.8. The number of unbranched alkanes of at least 4 members (excludes halogenated alkanes) is 4. The summed E-state index contributed by atoms with van der Waals surface area (Å²) in [5, 5.41) is 16.6. The van der Waals surface area contributed by atoms with Crippen molar-refractivity contribution in [1.82, 2.24) is 0 Å². The van der Waals surface area contributed by atoms with Crippen LogP contribution in [0, 0.1) is 0 Å². The van der Waals surface area contributed by atoms with E-state index in [4.69, 9.17) is 14.9 Å². The van der Waals surface area contributed by atoms with Gasteiger partial charge in [0.05, 0.1) is 6.61 Å². The fourth-order valence-corrected chi connectivity index (χ4v) is 1.01. The molecule has 0 aromatic carbocycles. The van der Waals surface area contributed by atoms with Gasteiger partial charge < -0.3 is 14.9 Å². The van der Waals surface area contributed by atoms with Crippen LogP contribution < -0.4 is 0 Å². The number of rotatable bonds is 9. The first-order valence-corrected chi connectivity index (χ1v) is 6.64. The van der Waals surface area contributed by atoms with Crippen LogP contribution in [0.2, 0.25) is 0 Å². The summed E-state index contributed by atoms with van der Waals surface area (Å²) in [7, 11) is 0. The smallest absolute Gasteiger partial charge is 0.333 e. The lowest BCUT2D eigenvalue weighted by Gasteiger charge is -2.01. The second-order valence-electron chi connectivity index (χ2n) is 4.13. The third kappa shape index (κ3) is 17.5. The molecule has 0 rings (SSSR count). The van der Waals surface area contributed by atoms with Crippen molar-refractivity contribution in [2.24, 2.45) is 0 Å². The minimum absolute atomic E-state index is 0.283. The molecule has 0 fully saturated rings. The average molecular weight is 260 g/mol. The van der Waals surface area contributed by atoms with Crippen LogP contribution in [-0.4, -0.2) is 36.0 Å². The number of aliphatic hydroxyl groups excluding tert-OH is 2. The summed E-state index contributed by atoms with van der Waals surface area (Å²) in [6.45, 7) is 8.24. The van der Waals surface area contributed by atoms with Crippen LogP contribution in [0.1, 0.15) is 52.4 Å². The van der Waals surface area contributed by atoms with E-state index >= 15 is 0 Å². The van der Waals surface area contributed by atoms with Crippen LogP contribution in [0.25, 0.3) is 0 Å². The Balaban J connectivity index is 0. The van der Waals surface area contributed by atoms with Gasteiger partial charge in [-0.2, -0.15) is 0 Å². The van der Waals surface area contributed by atoms with Crippen LogP contribution in [0.4, 0.5) is 0 Å². The molecule has 0 spiro atoms. The average Bonchev–Trinajstić information content (AvgIpc) is 2.35. The zero-order chi connectivity index (χ0) is 14.2. The van der Waals surface area contributed by atoms with E-state index in [2.05, 4.69) is 13.5 Å². The molecule has 4 nitrogen and oxygen atoms in total. The quantitative estimate of drug-likeness (QED) is 0.379. The van der Waals surface area contributed by atoms with Gasteiger partial charge in [-0.25, -0.2) is 4.79 Å². The Bertz CT molecular complexity index is 196. The Morgan fingerprint density at radius 2 is 1.56 bits per heavy atom. The summed E-state index contributed by atoms with van der Waals surface area (Å²) in [4.78, 5) is 10.7. The largest absolute Gasteiger partial charge is 0.462 e. The summed E-state index contributed by atoms with van der Waals surface area (Å²) in [5.74, 6) is -0.284. The van der Waals surface area contributed by atoms with E-state index in [1.807, 2.05) is 0 Å². The fraction of sp³-hybridized carbons (Fsp3) is 0.786. The first-order valence-electron chi connectivity index (χ1n) is 6.64.